The zero-order valence-electron chi connectivity index (χ0n) is 14.7. The van der Waals surface area contributed by atoms with E-state index in [1.165, 1.54) is 11.0 Å². The molecule has 3 rings (SSSR count). The SMILES string of the molecule is Cc1ccc(NC(=S)N2CC[NH+](CC(=O)N3CCCC3)CC2)cc1F. The minimum Gasteiger partial charge on any atom is -0.338 e. The predicted molar refractivity (Wildman–Crippen MR) is 100 cm³/mol. The standard InChI is InChI=1S/C18H25FN4OS/c1-14-4-5-15(12-16(14)19)20-18(25)23-10-8-21(9-11-23)13-17(24)22-6-2-3-7-22/h4-5,12H,2-3,6-11,13H2,1H3,(H,20,25)/p+1. The highest BCUT2D eigenvalue weighted by Gasteiger charge is 2.26. The van der Waals surface area contributed by atoms with Crippen LogP contribution in [0.1, 0.15) is 18.4 Å². The first kappa shape index (κ1) is 18.1. The van der Waals surface area contributed by atoms with Crippen LogP contribution in [0.3, 0.4) is 0 Å². The normalized spacial score (nSPS) is 18.5. The minimum atomic E-state index is -0.234. The van der Waals surface area contributed by atoms with Crippen molar-refractivity contribution in [2.24, 2.45) is 0 Å². The molecule has 1 amide bonds. The average Bonchev–Trinajstić information content (AvgIpc) is 3.13. The number of amides is 1. The number of nitrogens with one attached hydrogen (secondary N) is 2. The lowest BCUT2D eigenvalue weighted by atomic mass is 10.2. The van der Waals surface area contributed by atoms with Crippen molar-refractivity contribution >= 4 is 28.9 Å². The molecule has 2 saturated heterocycles. The van der Waals surface area contributed by atoms with E-state index in [0.29, 0.717) is 22.9 Å². The number of hydrogen-bond acceptors (Lipinski definition) is 2. The number of carbonyl (C=O) groups is 1. The monoisotopic (exact) mass is 365 g/mol. The maximum absolute atomic E-state index is 13.6. The van der Waals surface area contributed by atoms with Gasteiger partial charge in [-0.05, 0) is 49.7 Å². The number of aryl methyl sites for hydroxylation is 1. The Morgan fingerprint density at radius 3 is 2.52 bits per heavy atom. The van der Waals surface area contributed by atoms with Crippen LogP contribution in [-0.2, 0) is 4.79 Å². The highest BCUT2D eigenvalue weighted by atomic mass is 32.1. The van der Waals surface area contributed by atoms with Crippen LogP contribution in [-0.4, -0.2) is 66.6 Å². The maximum Gasteiger partial charge on any atom is 0.277 e. The fourth-order valence-corrected chi connectivity index (χ4v) is 3.67. The molecule has 0 spiro atoms. The number of piperazine rings is 1. The molecule has 0 saturated carbocycles. The van der Waals surface area contributed by atoms with Gasteiger partial charge in [-0.2, -0.15) is 0 Å². The second kappa shape index (κ2) is 8.10. The van der Waals surface area contributed by atoms with Crippen LogP contribution in [0.2, 0.25) is 0 Å². The molecule has 7 heteroatoms. The number of thiocarbonyl (C=S) groups is 1. The Hall–Kier alpha value is -1.73. The third kappa shape index (κ3) is 4.67. The van der Waals surface area contributed by atoms with Gasteiger partial charge in [0.25, 0.3) is 5.91 Å². The van der Waals surface area contributed by atoms with Gasteiger partial charge in [0.05, 0.1) is 26.2 Å². The Morgan fingerprint density at radius 1 is 1.20 bits per heavy atom. The molecule has 136 valence electrons. The summed E-state index contributed by atoms with van der Waals surface area (Å²) in [5.74, 6) is 0.0410. The lowest BCUT2D eigenvalue weighted by Gasteiger charge is -2.34. The number of hydrogen-bond donors (Lipinski definition) is 2. The molecule has 2 N–H and O–H groups in total. The van der Waals surface area contributed by atoms with E-state index in [0.717, 1.165) is 52.1 Å². The molecule has 1 aromatic carbocycles. The summed E-state index contributed by atoms with van der Waals surface area (Å²) >= 11 is 5.45. The van der Waals surface area contributed by atoms with Gasteiger partial charge in [-0.3, -0.25) is 4.79 Å². The van der Waals surface area contributed by atoms with E-state index in [4.69, 9.17) is 12.2 Å². The van der Waals surface area contributed by atoms with Crippen molar-refractivity contribution in [3.05, 3.63) is 29.6 Å². The molecule has 0 radical (unpaired) electrons. The van der Waals surface area contributed by atoms with Gasteiger partial charge < -0.3 is 20.0 Å². The molecule has 2 aliphatic rings. The van der Waals surface area contributed by atoms with Crippen LogP contribution in [0.25, 0.3) is 0 Å². The van der Waals surface area contributed by atoms with Gasteiger partial charge in [-0.15, -0.1) is 0 Å². The second-order valence-electron chi connectivity index (χ2n) is 6.90. The summed E-state index contributed by atoms with van der Waals surface area (Å²) < 4.78 is 13.6. The second-order valence-corrected chi connectivity index (χ2v) is 7.28. The molecule has 0 atom stereocenters. The van der Waals surface area contributed by atoms with E-state index in [9.17, 15) is 9.18 Å². The van der Waals surface area contributed by atoms with Crippen LogP contribution in [0.4, 0.5) is 10.1 Å². The summed E-state index contributed by atoms with van der Waals surface area (Å²) in [7, 11) is 0. The Balaban J connectivity index is 1.45. The minimum absolute atomic E-state index is 0.234. The maximum atomic E-state index is 13.6. The van der Waals surface area contributed by atoms with Gasteiger partial charge in [0.15, 0.2) is 11.7 Å². The van der Waals surface area contributed by atoms with E-state index in [1.54, 1.807) is 13.0 Å². The number of anilines is 1. The van der Waals surface area contributed by atoms with Crippen LogP contribution >= 0.6 is 12.2 Å². The number of quaternary nitrogens is 1. The van der Waals surface area contributed by atoms with Crippen molar-refractivity contribution in [2.75, 3.05) is 51.1 Å². The summed E-state index contributed by atoms with van der Waals surface area (Å²) in [6.45, 7) is 7.55. The molecule has 0 unspecified atom stereocenters. The molecule has 2 aliphatic heterocycles. The molecule has 0 bridgehead atoms. The summed E-state index contributed by atoms with van der Waals surface area (Å²) in [6.07, 6.45) is 2.27. The summed E-state index contributed by atoms with van der Waals surface area (Å²) in [6, 6.07) is 5.05. The third-order valence-corrected chi connectivity index (χ3v) is 5.40. The van der Waals surface area contributed by atoms with Gasteiger partial charge in [-0.1, -0.05) is 6.07 Å². The first-order valence-corrected chi connectivity index (χ1v) is 9.37. The number of carbonyl (C=O) groups excluding carboxylic acids is 1. The quantitative estimate of drug-likeness (QED) is 0.772. The number of nitrogens with zero attached hydrogens (tertiary/aromatic N) is 2. The Morgan fingerprint density at radius 2 is 1.88 bits per heavy atom. The van der Waals surface area contributed by atoms with E-state index in [1.807, 2.05) is 11.0 Å². The first-order chi connectivity index (χ1) is 12.0. The van der Waals surface area contributed by atoms with E-state index < -0.39 is 0 Å². The molecule has 0 aromatic heterocycles. The molecule has 5 nitrogen and oxygen atoms in total. The molecular weight excluding hydrogens is 339 g/mol. The van der Waals surface area contributed by atoms with Crippen molar-refractivity contribution in [1.82, 2.24) is 9.80 Å². The van der Waals surface area contributed by atoms with Crippen molar-refractivity contribution in [1.29, 1.82) is 0 Å². The lowest BCUT2D eigenvalue weighted by Crippen LogP contribution is -3.15. The highest BCUT2D eigenvalue weighted by molar-refractivity contribution is 7.80. The zero-order valence-corrected chi connectivity index (χ0v) is 15.5. The Bertz CT molecular complexity index is 640. The zero-order chi connectivity index (χ0) is 17.8. The van der Waals surface area contributed by atoms with Crippen molar-refractivity contribution < 1.29 is 14.1 Å². The van der Waals surface area contributed by atoms with Gasteiger partial charge in [0.2, 0.25) is 0 Å². The summed E-state index contributed by atoms with van der Waals surface area (Å²) in [4.78, 5) is 17.6. The smallest absolute Gasteiger partial charge is 0.277 e. The van der Waals surface area contributed by atoms with E-state index >= 15 is 0 Å². The molecule has 25 heavy (non-hydrogen) atoms. The lowest BCUT2D eigenvalue weighted by molar-refractivity contribution is -0.896. The topological polar surface area (TPSA) is 40.0 Å². The Labute approximate surface area is 153 Å². The van der Waals surface area contributed by atoms with Gasteiger partial charge in [-0.25, -0.2) is 4.39 Å². The first-order valence-electron chi connectivity index (χ1n) is 8.96. The van der Waals surface area contributed by atoms with Crippen molar-refractivity contribution in [3.63, 3.8) is 0 Å². The number of benzene rings is 1. The fraction of sp³-hybridized carbons (Fsp3) is 0.556. The Kier molecular flexibility index (Phi) is 5.86. The number of likely N-dealkylation sites (tertiary alicyclic amines) is 1. The average molecular weight is 365 g/mol. The largest absolute Gasteiger partial charge is 0.338 e. The van der Waals surface area contributed by atoms with Crippen molar-refractivity contribution in [3.8, 4) is 0 Å². The van der Waals surface area contributed by atoms with Crippen LogP contribution in [0.15, 0.2) is 18.2 Å². The summed E-state index contributed by atoms with van der Waals surface area (Å²) in [5.41, 5.74) is 1.29. The van der Waals surface area contributed by atoms with Gasteiger partial charge >= 0.3 is 0 Å². The van der Waals surface area contributed by atoms with Gasteiger partial charge in [0, 0.05) is 18.8 Å². The molecule has 2 fully saturated rings. The van der Waals surface area contributed by atoms with Crippen molar-refractivity contribution in [2.45, 2.75) is 19.8 Å². The van der Waals surface area contributed by atoms with Crippen LogP contribution in [0, 0.1) is 12.7 Å². The van der Waals surface area contributed by atoms with E-state index in [-0.39, 0.29) is 11.7 Å². The number of halogens is 1. The molecule has 2 heterocycles. The molecular formula is C18H26FN4OS+. The van der Waals surface area contributed by atoms with E-state index in [2.05, 4.69) is 10.2 Å². The fourth-order valence-electron chi connectivity index (χ4n) is 3.37. The van der Waals surface area contributed by atoms with Crippen LogP contribution < -0.4 is 10.2 Å². The predicted octanol–water partition coefficient (Wildman–Crippen LogP) is 0.654. The third-order valence-electron chi connectivity index (χ3n) is 5.04. The van der Waals surface area contributed by atoms with Crippen LogP contribution in [0.5, 0.6) is 0 Å². The number of rotatable bonds is 3. The van der Waals surface area contributed by atoms with Gasteiger partial charge in [0.1, 0.15) is 5.82 Å². The highest BCUT2D eigenvalue weighted by Crippen LogP contribution is 2.14. The molecule has 1 aromatic rings. The summed E-state index contributed by atoms with van der Waals surface area (Å²) in [5, 5.41) is 3.73. The molecule has 0 aliphatic carbocycles.